The lowest BCUT2D eigenvalue weighted by Crippen LogP contribution is -2.10. The van der Waals surface area contributed by atoms with E-state index in [1.54, 1.807) is 30.5 Å². The maximum Gasteiger partial charge on any atom is 0.248 e. The van der Waals surface area contributed by atoms with E-state index in [2.05, 4.69) is 4.98 Å². The molecule has 0 atom stereocenters. The number of amides is 1. The first-order chi connectivity index (χ1) is 11.5. The summed E-state index contributed by atoms with van der Waals surface area (Å²) >= 11 is 0. The van der Waals surface area contributed by atoms with Gasteiger partial charge in [-0.25, -0.2) is 4.39 Å². The summed E-state index contributed by atoms with van der Waals surface area (Å²) in [5, 5.41) is 0. The summed E-state index contributed by atoms with van der Waals surface area (Å²) in [4.78, 5) is 15.7. The predicted molar refractivity (Wildman–Crippen MR) is 92.1 cm³/mol. The maximum absolute atomic E-state index is 13.5. The zero-order valence-electron chi connectivity index (χ0n) is 13.3. The van der Waals surface area contributed by atoms with Crippen molar-refractivity contribution in [3.05, 3.63) is 88.9 Å². The highest BCUT2D eigenvalue weighted by atomic mass is 19.1. The molecular formula is C20H17FN2O. The molecule has 3 aromatic rings. The molecule has 0 unspecified atom stereocenters. The number of rotatable bonds is 4. The molecule has 0 aliphatic rings. The van der Waals surface area contributed by atoms with E-state index < -0.39 is 5.91 Å². The highest BCUT2D eigenvalue weighted by molar-refractivity contribution is 5.94. The fraction of sp³-hybridized carbons (Fsp3) is 0.100. The average Bonchev–Trinajstić information content (AvgIpc) is 2.54. The van der Waals surface area contributed by atoms with Gasteiger partial charge in [-0.2, -0.15) is 0 Å². The molecule has 0 bridgehead atoms. The van der Waals surface area contributed by atoms with Crippen LogP contribution in [-0.4, -0.2) is 10.9 Å². The molecule has 24 heavy (non-hydrogen) atoms. The Morgan fingerprint density at radius 3 is 2.67 bits per heavy atom. The molecule has 0 aliphatic carbocycles. The molecule has 0 saturated heterocycles. The Labute approximate surface area is 140 Å². The summed E-state index contributed by atoms with van der Waals surface area (Å²) in [5.74, 6) is -0.698. The number of carbonyl (C=O) groups is 1. The van der Waals surface area contributed by atoms with E-state index >= 15 is 0 Å². The monoisotopic (exact) mass is 320 g/mol. The summed E-state index contributed by atoms with van der Waals surface area (Å²) in [6.45, 7) is 1.87. The Kier molecular flexibility index (Phi) is 4.38. The molecule has 1 aromatic heterocycles. The fourth-order valence-corrected chi connectivity index (χ4v) is 2.72. The minimum atomic E-state index is -0.469. The minimum Gasteiger partial charge on any atom is -0.366 e. The molecule has 4 heteroatoms. The third-order valence-corrected chi connectivity index (χ3v) is 3.78. The molecule has 2 aromatic carbocycles. The van der Waals surface area contributed by atoms with Gasteiger partial charge in [-0.3, -0.25) is 9.78 Å². The van der Waals surface area contributed by atoms with Crippen LogP contribution in [0.1, 0.15) is 27.0 Å². The molecule has 0 fully saturated rings. The largest absolute Gasteiger partial charge is 0.366 e. The van der Waals surface area contributed by atoms with Crippen LogP contribution in [0, 0.1) is 12.7 Å². The summed E-state index contributed by atoms with van der Waals surface area (Å²) in [7, 11) is 0. The number of aromatic nitrogens is 1. The quantitative estimate of drug-likeness (QED) is 0.793. The number of hydrogen-bond acceptors (Lipinski definition) is 2. The Morgan fingerprint density at radius 1 is 1.08 bits per heavy atom. The SMILES string of the molecule is Cc1cc(F)cc(Cc2ccnc(-c3cccc(C(N)=O)c3)c2)c1. The van der Waals surface area contributed by atoms with Gasteiger partial charge >= 0.3 is 0 Å². The van der Waals surface area contributed by atoms with Crippen LogP contribution >= 0.6 is 0 Å². The Morgan fingerprint density at radius 2 is 1.92 bits per heavy atom. The van der Waals surface area contributed by atoms with Crippen LogP contribution in [0.3, 0.4) is 0 Å². The van der Waals surface area contributed by atoms with Crippen molar-refractivity contribution in [1.82, 2.24) is 4.98 Å². The lowest BCUT2D eigenvalue weighted by atomic mass is 10.0. The van der Waals surface area contributed by atoms with Gasteiger partial charge in [-0.15, -0.1) is 0 Å². The summed E-state index contributed by atoms with van der Waals surface area (Å²) < 4.78 is 13.5. The molecule has 120 valence electrons. The van der Waals surface area contributed by atoms with E-state index in [0.29, 0.717) is 12.0 Å². The lowest BCUT2D eigenvalue weighted by Gasteiger charge is -2.07. The maximum atomic E-state index is 13.5. The van der Waals surface area contributed by atoms with Crippen molar-refractivity contribution in [3.8, 4) is 11.3 Å². The summed E-state index contributed by atoms with van der Waals surface area (Å²) in [6.07, 6.45) is 2.33. The Bertz CT molecular complexity index is 885. The highest BCUT2D eigenvalue weighted by Gasteiger charge is 2.06. The molecule has 1 heterocycles. The van der Waals surface area contributed by atoms with Gasteiger partial charge in [0.05, 0.1) is 5.69 Å². The molecule has 0 saturated carbocycles. The predicted octanol–water partition coefficient (Wildman–Crippen LogP) is 3.89. The van der Waals surface area contributed by atoms with Gasteiger partial charge in [0.1, 0.15) is 5.82 Å². The highest BCUT2D eigenvalue weighted by Crippen LogP contribution is 2.21. The second-order valence-corrected chi connectivity index (χ2v) is 5.81. The normalized spacial score (nSPS) is 10.6. The van der Waals surface area contributed by atoms with E-state index in [-0.39, 0.29) is 5.82 Å². The zero-order chi connectivity index (χ0) is 17.1. The van der Waals surface area contributed by atoms with Crippen molar-refractivity contribution in [3.63, 3.8) is 0 Å². The van der Waals surface area contributed by atoms with Crippen molar-refractivity contribution >= 4 is 5.91 Å². The summed E-state index contributed by atoms with van der Waals surface area (Å²) in [5.41, 5.74) is 10.2. The number of halogens is 1. The van der Waals surface area contributed by atoms with Crippen molar-refractivity contribution in [2.24, 2.45) is 5.73 Å². The van der Waals surface area contributed by atoms with E-state index in [4.69, 9.17) is 5.73 Å². The smallest absolute Gasteiger partial charge is 0.248 e. The number of pyridine rings is 1. The van der Waals surface area contributed by atoms with Crippen molar-refractivity contribution in [2.45, 2.75) is 13.3 Å². The fourth-order valence-electron chi connectivity index (χ4n) is 2.72. The van der Waals surface area contributed by atoms with Crippen molar-refractivity contribution in [2.75, 3.05) is 0 Å². The van der Waals surface area contributed by atoms with Crippen LogP contribution in [0.25, 0.3) is 11.3 Å². The van der Waals surface area contributed by atoms with E-state index in [0.717, 1.165) is 27.9 Å². The van der Waals surface area contributed by atoms with Crippen LogP contribution in [0.15, 0.2) is 60.8 Å². The minimum absolute atomic E-state index is 0.228. The van der Waals surface area contributed by atoms with Gasteiger partial charge in [-0.05, 0) is 66.4 Å². The second-order valence-electron chi connectivity index (χ2n) is 5.81. The van der Waals surface area contributed by atoms with Crippen molar-refractivity contribution in [1.29, 1.82) is 0 Å². The number of nitrogens with zero attached hydrogens (tertiary/aromatic N) is 1. The van der Waals surface area contributed by atoms with Gasteiger partial charge in [0.2, 0.25) is 5.91 Å². The number of nitrogens with two attached hydrogens (primary N) is 1. The zero-order valence-corrected chi connectivity index (χ0v) is 13.3. The third kappa shape index (κ3) is 3.66. The van der Waals surface area contributed by atoms with Crippen molar-refractivity contribution < 1.29 is 9.18 Å². The average molecular weight is 320 g/mol. The number of carbonyl (C=O) groups excluding carboxylic acids is 1. The molecule has 0 radical (unpaired) electrons. The first-order valence-corrected chi connectivity index (χ1v) is 7.62. The van der Waals surface area contributed by atoms with Gasteiger partial charge in [0.15, 0.2) is 0 Å². The lowest BCUT2D eigenvalue weighted by molar-refractivity contribution is 0.100. The van der Waals surface area contributed by atoms with Crippen LogP contribution in [0.5, 0.6) is 0 Å². The first-order valence-electron chi connectivity index (χ1n) is 7.62. The van der Waals surface area contributed by atoms with E-state index in [9.17, 15) is 9.18 Å². The molecule has 0 spiro atoms. The summed E-state index contributed by atoms with van der Waals surface area (Å²) in [6, 6.07) is 15.9. The number of aryl methyl sites for hydroxylation is 1. The molecule has 2 N–H and O–H groups in total. The molecule has 3 rings (SSSR count). The third-order valence-electron chi connectivity index (χ3n) is 3.78. The van der Waals surface area contributed by atoms with Gasteiger partial charge in [-0.1, -0.05) is 18.2 Å². The van der Waals surface area contributed by atoms with Crippen LogP contribution < -0.4 is 5.73 Å². The topological polar surface area (TPSA) is 56.0 Å². The second kappa shape index (κ2) is 6.62. The molecular weight excluding hydrogens is 303 g/mol. The number of hydrogen-bond donors (Lipinski definition) is 1. The number of primary amides is 1. The molecule has 1 amide bonds. The van der Waals surface area contributed by atoms with Crippen LogP contribution in [0.2, 0.25) is 0 Å². The Hall–Kier alpha value is -3.01. The van der Waals surface area contributed by atoms with Gasteiger partial charge < -0.3 is 5.73 Å². The van der Waals surface area contributed by atoms with Gasteiger partial charge in [0, 0.05) is 17.3 Å². The standard InChI is InChI=1S/C20H17FN2O/c1-13-7-15(10-18(21)8-13)9-14-5-6-23-19(11-14)16-3-2-4-17(12-16)20(22)24/h2-8,10-12H,9H2,1H3,(H2,22,24). The first kappa shape index (κ1) is 15.9. The molecule has 0 aliphatic heterocycles. The van der Waals surface area contributed by atoms with E-state index in [1.165, 1.54) is 6.07 Å². The van der Waals surface area contributed by atoms with E-state index in [1.807, 2.05) is 31.2 Å². The number of benzene rings is 2. The van der Waals surface area contributed by atoms with Crippen LogP contribution in [0.4, 0.5) is 4.39 Å². The molecule has 3 nitrogen and oxygen atoms in total. The van der Waals surface area contributed by atoms with Crippen LogP contribution in [-0.2, 0) is 6.42 Å². The van der Waals surface area contributed by atoms with Gasteiger partial charge in [0.25, 0.3) is 0 Å². The Balaban J connectivity index is 1.92.